The molecule has 0 amide bonds. The van der Waals surface area contributed by atoms with E-state index in [1.165, 1.54) is 11.1 Å². The number of aryl methyl sites for hydroxylation is 1. The lowest BCUT2D eigenvalue weighted by molar-refractivity contribution is 0.902. The molecule has 0 atom stereocenters. The van der Waals surface area contributed by atoms with Crippen molar-refractivity contribution in [2.75, 3.05) is 0 Å². The summed E-state index contributed by atoms with van der Waals surface area (Å²) in [6, 6.07) is 37.2. The van der Waals surface area contributed by atoms with Crippen molar-refractivity contribution in [3.05, 3.63) is 126 Å². The molecule has 0 aliphatic heterocycles. The molecule has 140 valence electrons. The third-order valence-electron chi connectivity index (χ3n) is 4.66. The third-order valence-corrected chi connectivity index (χ3v) is 4.66. The molecule has 0 saturated carbocycles. The number of hydrogen-bond acceptors (Lipinski definition) is 1. The molecule has 0 heterocycles. The van der Waals surface area contributed by atoms with Gasteiger partial charge in [0.15, 0.2) is 0 Å². The maximum atomic E-state index is 4.88. The summed E-state index contributed by atoms with van der Waals surface area (Å²) in [7, 11) is 0. The molecule has 0 fully saturated rings. The van der Waals surface area contributed by atoms with Crippen LogP contribution in [0.5, 0.6) is 0 Å². The minimum atomic E-state index is 0.908. The fourth-order valence-corrected chi connectivity index (χ4v) is 3.04. The Morgan fingerprint density at radius 1 is 0.552 bits per heavy atom. The Morgan fingerprint density at radius 3 is 1.48 bits per heavy atom. The summed E-state index contributed by atoms with van der Waals surface area (Å²) in [5.74, 6) is 0. The van der Waals surface area contributed by atoms with Gasteiger partial charge >= 0.3 is 0 Å². The minimum Gasteiger partial charge on any atom is -0.0618 e. The van der Waals surface area contributed by atoms with E-state index in [9.17, 15) is 0 Å². The highest BCUT2D eigenvalue weighted by molar-refractivity contribution is 5.70. The van der Waals surface area contributed by atoms with Crippen LogP contribution in [0.25, 0.3) is 12.2 Å². The zero-order valence-electron chi connectivity index (χ0n) is 16.4. The maximum absolute atomic E-state index is 4.88. The van der Waals surface area contributed by atoms with Crippen molar-refractivity contribution in [2.45, 2.75) is 6.92 Å². The van der Waals surface area contributed by atoms with Crippen LogP contribution >= 0.6 is 0 Å². The second-order valence-corrected chi connectivity index (χ2v) is 6.92. The molecule has 29 heavy (non-hydrogen) atoms. The van der Waals surface area contributed by atoms with E-state index in [-0.39, 0.29) is 0 Å². The van der Waals surface area contributed by atoms with Crippen molar-refractivity contribution in [1.82, 2.24) is 4.70 Å². The van der Waals surface area contributed by atoms with Crippen molar-refractivity contribution < 1.29 is 0 Å². The van der Waals surface area contributed by atoms with Gasteiger partial charge in [-0.05, 0) is 34.9 Å². The molecule has 0 aromatic heterocycles. The van der Waals surface area contributed by atoms with E-state index in [1.54, 1.807) is 0 Å². The van der Waals surface area contributed by atoms with Gasteiger partial charge in [-0.25, -0.2) is 0 Å². The molecule has 0 aliphatic carbocycles. The van der Waals surface area contributed by atoms with Crippen molar-refractivity contribution in [3.8, 4) is 0 Å². The predicted molar refractivity (Wildman–Crippen MR) is 123 cm³/mol. The summed E-state index contributed by atoms with van der Waals surface area (Å²) in [5.41, 5.74) is 6.59. The van der Waals surface area contributed by atoms with Crippen LogP contribution in [0.1, 0.15) is 16.7 Å². The van der Waals surface area contributed by atoms with Crippen molar-refractivity contribution >= 4 is 29.2 Å². The van der Waals surface area contributed by atoms with Crippen molar-refractivity contribution in [1.29, 1.82) is 0 Å². The second-order valence-electron chi connectivity index (χ2n) is 6.92. The largest absolute Gasteiger partial charge is 0.238 e. The first kappa shape index (κ1) is 18.6. The van der Waals surface area contributed by atoms with Gasteiger partial charge in [0, 0.05) is 29.4 Å². The van der Waals surface area contributed by atoms with Gasteiger partial charge in [-0.1, -0.05) is 90.5 Å². The quantitative estimate of drug-likeness (QED) is 0.192. The highest BCUT2D eigenvalue weighted by atomic mass is 15.3. The first-order valence-corrected chi connectivity index (χ1v) is 9.75. The van der Waals surface area contributed by atoms with Gasteiger partial charge in [-0.3, -0.25) is 0 Å². The number of azo groups is 2. The first-order chi connectivity index (χ1) is 14.3. The Kier molecular flexibility index (Phi) is 5.73. The standard InChI is InChI=1S/C27H23N2/c1-22-12-14-23(15-13-22)16-17-24-18-20-25(21-19-24)28-29(26-8-4-2-5-9-26)27-10-6-3-7-11-27/h2-21H,1H3/q+1/b17-16+. The van der Waals surface area contributed by atoms with Gasteiger partial charge in [0.05, 0.1) is 0 Å². The SMILES string of the molecule is Cc1ccc(/C=C/c2ccc(N=[N+](c3ccccc3)c3ccccc3)cc2)cc1. The molecule has 0 saturated heterocycles. The normalized spacial score (nSPS) is 10.8. The average Bonchev–Trinajstić information content (AvgIpc) is 2.79. The Morgan fingerprint density at radius 2 is 1.00 bits per heavy atom. The smallest absolute Gasteiger partial charge is 0.0618 e. The Balaban J connectivity index is 1.61. The molecule has 0 bridgehead atoms. The summed E-state index contributed by atoms with van der Waals surface area (Å²) in [4.78, 5) is 0. The van der Waals surface area contributed by atoms with Gasteiger partial charge in [0.25, 0.3) is 0 Å². The zero-order valence-corrected chi connectivity index (χ0v) is 16.4. The zero-order chi connectivity index (χ0) is 19.9. The predicted octanol–water partition coefficient (Wildman–Crippen LogP) is 7.78. The molecule has 4 rings (SSSR count). The van der Waals surface area contributed by atoms with Gasteiger partial charge in [0.1, 0.15) is 5.69 Å². The van der Waals surface area contributed by atoms with Gasteiger partial charge in [-0.15, -0.1) is 0 Å². The molecular weight excluding hydrogens is 352 g/mol. The van der Waals surface area contributed by atoms with Crippen LogP contribution < -0.4 is 4.70 Å². The maximum Gasteiger partial charge on any atom is 0.238 e. The van der Waals surface area contributed by atoms with E-state index >= 15 is 0 Å². The lowest BCUT2D eigenvalue weighted by Gasteiger charge is -2.00. The number of para-hydroxylation sites is 2. The van der Waals surface area contributed by atoms with Crippen LogP contribution in [0, 0.1) is 6.92 Å². The lowest BCUT2D eigenvalue weighted by atomic mass is 10.1. The molecule has 4 aromatic rings. The number of hydrogen-bond donors (Lipinski definition) is 0. The minimum absolute atomic E-state index is 0.908. The van der Waals surface area contributed by atoms with Crippen molar-refractivity contribution in [2.24, 2.45) is 5.11 Å². The summed E-state index contributed by atoms with van der Waals surface area (Å²) in [6.45, 7) is 2.10. The summed E-state index contributed by atoms with van der Waals surface area (Å²) in [6.07, 6.45) is 4.26. The number of nitrogens with zero attached hydrogens (tertiary/aromatic N) is 2. The van der Waals surface area contributed by atoms with Crippen LogP contribution in [0.3, 0.4) is 0 Å². The highest BCUT2D eigenvalue weighted by Gasteiger charge is 2.15. The topological polar surface area (TPSA) is 15.4 Å². The van der Waals surface area contributed by atoms with E-state index in [0.717, 1.165) is 22.6 Å². The van der Waals surface area contributed by atoms with Gasteiger partial charge in [0.2, 0.25) is 11.4 Å². The van der Waals surface area contributed by atoms with E-state index in [0.29, 0.717) is 0 Å². The number of benzene rings is 4. The fraction of sp³-hybridized carbons (Fsp3) is 0.0370. The summed E-state index contributed by atoms with van der Waals surface area (Å²) >= 11 is 0. The average molecular weight is 375 g/mol. The first-order valence-electron chi connectivity index (χ1n) is 9.75. The second kappa shape index (κ2) is 8.94. The van der Waals surface area contributed by atoms with Crippen LogP contribution in [0.15, 0.2) is 114 Å². The molecule has 2 heteroatoms. The van der Waals surface area contributed by atoms with Crippen LogP contribution in [-0.2, 0) is 0 Å². The molecule has 0 N–H and O–H groups in total. The molecule has 2 nitrogen and oxygen atoms in total. The summed E-state index contributed by atoms with van der Waals surface area (Å²) in [5, 5.41) is 4.88. The molecule has 0 radical (unpaired) electrons. The van der Waals surface area contributed by atoms with Gasteiger partial charge in [-0.2, -0.15) is 0 Å². The van der Waals surface area contributed by atoms with E-state index in [1.807, 2.05) is 53.2 Å². The fourth-order valence-electron chi connectivity index (χ4n) is 3.04. The molecule has 4 aromatic carbocycles. The Hall–Kier alpha value is -3.78. The van der Waals surface area contributed by atoms with Crippen molar-refractivity contribution in [3.63, 3.8) is 0 Å². The van der Waals surface area contributed by atoms with Crippen LogP contribution in [0.2, 0.25) is 0 Å². The molecular formula is C27H23N2+. The van der Waals surface area contributed by atoms with Gasteiger partial charge < -0.3 is 0 Å². The lowest BCUT2D eigenvalue weighted by Crippen LogP contribution is -1.99. The molecule has 0 unspecified atom stereocenters. The Labute approximate surface area is 172 Å². The van der Waals surface area contributed by atoms with Crippen LogP contribution in [-0.4, -0.2) is 0 Å². The van der Waals surface area contributed by atoms with E-state index in [2.05, 4.69) is 79.7 Å². The summed E-state index contributed by atoms with van der Waals surface area (Å²) < 4.78 is 1.97. The van der Waals surface area contributed by atoms with E-state index < -0.39 is 0 Å². The molecule has 0 spiro atoms. The number of rotatable bonds is 5. The Bertz CT molecular complexity index is 1070. The third kappa shape index (κ3) is 4.94. The van der Waals surface area contributed by atoms with Crippen LogP contribution in [0.4, 0.5) is 17.1 Å². The van der Waals surface area contributed by atoms with E-state index in [4.69, 9.17) is 5.11 Å². The monoisotopic (exact) mass is 375 g/mol. The highest BCUT2D eigenvalue weighted by Crippen LogP contribution is 2.24. The molecule has 0 aliphatic rings.